The normalized spacial score (nSPS) is 12.4. The Kier molecular flexibility index (Phi) is 10.8. The number of alkyl halides is 3. The molecule has 0 aromatic heterocycles. The van der Waals surface area contributed by atoms with Gasteiger partial charge in [0.05, 0.1) is 40.8 Å². The van der Waals surface area contributed by atoms with Gasteiger partial charge in [0.1, 0.15) is 0 Å². The van der Waals surface area contributed by atoms with Crippen LogP contribution in [-0.4, -0.2) is 46.7 Å². The molecule has 3 aromatic carbocycles. The van der Waals surface area contributed by atoms with E-state index < -0.39 is 34.7 Å². The van der Waals surface area contributed by atoms with Gasteiger partial charge in [0, 0.05) is 22.1 Å². The average molecular weight is 600 g/mol. The lowest BCUT2D eigenvalue weighted by Crippen LogP contribution is -2.21. The predicted molar refractivity (Wildman–Crippen MR) is 147 cm³/mol. The minimum absolute atomic E-state index is 0.0233. The number of nitrogens with zero attached hydrogens (tertiary/aromatic N) is 1. The lowest BCUT2D eigenvalue weighted by atomic mass is 10.1. The number of anilines is 1. The van der Waals surface area contributed by atoms with Gasteiger partial charge in [0.25, 0.3) is 11.8 Å². The van der Waals surface area contributed by atoms with Gasteiger partial charge in [0.2, 0.25) is 0 Å². The maximum atomic E-state index is 13.1. The zero-order valence-electron chi connectivity index (χ0n) is 20.0. The molecule has 3 rings (SSSR count). The van der Waals surface area contributed by atoms with E-state index in [9.17, 15) is 27.9 Å². The monoisotopic (exact) mass is 599 g/mol. The topological polar surface area (TPSA) is 111 Å². The van der Waals surface area contributed by atoms with Gasteiger partial charge in [-0.1, -0.05) is 41.4 Å². The maximum Gasteiger partial charge on any atom is 0.417 e. The summed E-state index contributed by atoms with van der Waals surface area (Å²) in [5, 5.41) is 24.5. The highest BCUT2D eigenvalue weighted by molar-refractivity contribution is 7.98. The van der Waals surface area contributed by atoms with Crippen molar-refractivity contribution < 1.29 is 33.0 Å². The number of carbonyl (C=O) groups is 2. The fourth-order valence-electron chi connectivity index (χ4n) is 3.24. The Labute approximate surface area is 236 Å². The number of hydrogen-bond donors (Lipinski definition) is 4. The molecule has 1 unspecified atom stereocenters. The Morgan fingerprint density at radius 1 is 1.05 bits per heavy atom. The Bertz CT molecular complexity index is 1370. The molecule has 39 heavy (non-hydrogen) atoms. The molecular weight excluding hydrogens is 578 g/mol. The van der Waals surface area contributed by atoms with Crippen molar-refractivity contribution in [2.24, 2.45) is 5.10 Å². The fourth-order valence-corrected chi connectivity index (χ4v) is 4.55. The van der Waals surface area contributed by atoms with E-state index in [0.717, 1.165) is 23.9 Å². The number of thioether (sulfide) groups is 1. The summed E-state index contributed by atoms with van der Waals surface area (Å²) in [5.41, 5.74) is 2.47. The van der Waals surface area contributed by atoms with Crippen molar-refractivity contribution in [3.8, 4) is 0 Å². The molecule has 0 saturated heterocycles. The van der Waals surface area contributed by atoms with Crippen LogP contribution in [0.3, 0.4) is 0 Å². The number of hydrogen-bond acceptors (Lipinski definition) is 6. The van der Waals surface area contributed by atoms with E-state index in [4.69, 9.17) is 28.3 Å². The summed E-state index contributed by atoms with van der Waals surface area (Å²) in [6, 6.07) is 14.2. The Morgan fingerprint density at radius 3 is 2.54 bits per heavy atom. The second-order valence-electron chi connectivity index (χ2n) is 8.13. The van der Waals surface area contributed by atoms with E-state index in [2.05, 4.69) is 15.8 Å². The molecule has 1 atom stereocenters. The van der Waals surface area contributed by atoms with Gasteiger partial charge >= 0.3 is 6.18 Å². The number of rotatable bonds is 10. The lowest BCUT2D eigenvalue weighted by Gasteiger charge is -2.12. The van der Waals surface area contributed by atoms with Gasteiger partial charge in [-0.05, 0) is 53.6 Å². The molecule has 2 amide bonds. The van der Waals surface area contributed by atoms with Crippen molar-refractivity contribution in [2.45, 2.75) is 18.0 Å². The van der Waals surface area contributed by atoms with Crippen molar-refractivity contribution in [1.82, 2.24) is 5.43 Å². The highest BCUT2D eigenvalue weighted by Gasteiger charge is 2.33. The Hall–Kier alpha value is -3.09. The molecule has 0 aliphatic carbocycles. The van der Waals surface area contributed by atoms with Gasteiger partial charge in [-0.25, -0.2) is 5.43 Å². The highest BCUT2D eigenvalue weighted by Crippen LogP contribution is 2.34. The number of amides is 2. The van der Waals surface area contributed by atoms with E-state index in [1.165, 1.54) is 36.0 Å². The number of aliphatic hydroxyl groups excluding tert-OH is 2. The number of hydrazone groups is 1. The summed E-state index contributed by atoms with van der Waals surface area (Å²) in [7, 11) is 0. The molecule has 0 fully saturated rings. The summed E-state index contributed by atoms with van der Waals surface area (Å²) in [5.74, 6) is -0.428. The van der Waals surface area contributed by atoms with Crippen LogP contribution in [-0.2, 0) is 11.9 Å². The molecule has 7 nitrogen and oxygen atoms in total. The Morgan fingerprint density at radius 2 is 1.82 bits per heavy atom. The molecule has 0 radical (unpaired) electrons. The first-order valence-electron chi connectivity index (χ1n) is 11.2. The van der Waals surface area contributed by atoms with E-state index in [-0.39, 0.29) is 28.4 Å². The van der Waals surface area contributed by atoms with E-state index in [0.29, 0.717) is 17.1 Å². The van der Waals surface area contributed by atoms with Crippen LogP contribution in [0.25, 0.3) is 0 Å². The first-order chi connectivity index (χ1) is 18.5. The third-order valence-corrected chi connectivity index (χ3v) is 6.85. The molecule has 206 valence electrons. The summed E-state index contributed by atoms with van der Waals surface area (Å²) >= 11 is 13.0. The van der Waals surface area contributed by atoms with E-state index >= 15 is 0 Å². The van der Waals surface area contributed by atoms with E-state index in [1.807, 2.05) is 6.07 Å². The molecule has 0 aliphatic heterocycles. The van der Waals surface area contributed by atoms with Crippen molar-refractivity contribution >= 4 is 58.7 Å². The molecule has 3 aromatic rings. The quantitative estimate of drug-likeness (QED) is 0.179. The highest BCUT2D eigenvalue weighted by atomic mass is 35.5. The van der Waals surface area contributed by atoms with Crippen molar-refractivity contribution in [2.75, 3.05) is 17.7 Å². The molecule has 13 heteroatoms. The minimum Gasteiger partial charge on any atom is -0.394 e. The van der Waals surface area contributed by atoms with E-state index in [1.54, 1.807) is 18.2 Å². The molecule has 0 saturated carbocycles. The second kappa shape index (κ2) is 13.8. The molecule has 0 aliphatic rings. The molecule has 4 N–H and O–H groups in total. The zero-order valence-corrected chi connectivity index (χ0v) is 22.3. The average Bonchev–Trinajstić information content (AvgIpc) is 2.89. The van der Waals surface area contributed by atoms with Crippen LogP contribution in [0.5, 0.6) is 0 Å². The van der Waals surface area contributed by atoms with Crippen LogP contribution in [0.15, 0.2) is 65.8 Å². The van der Waals surface area contributed by atoms with Crippen LogP contribution in [0.2, 0.25) is 10.0 Å². The van der Waals surface area contributed by atoms with Gasteiger partial charge in [-0.15, -0.1) is 0 Å². The van der Waals surface area contributed by atoms with Gasteiger partial charge < -0.3 is 15.5 Å². The van der Waals surface area contributed by atoms with Crippen molar-refractivity contribution in [3.05, 3.63) is 98.5 Å². The van der Waals surface area contributed by atoms with Crippen LogP contribution in [0.4, 0.5) is 18.9 Å². The van der Waals surface area contributed by atoms with Gasteiger partial charge in [-0.2, -0.15) is 30.0 Å². The first-order valence-corrected chi connectivity index (χ1v) is 13.2. The summed E-state index contributed by atoms with van der Waals surface area (Å²) in [6.45, 7) is -0.335. The maximum absolute atomic E-state index is 13.1. The summed E-state index contributed by atoms with van der Waals surface area (Å²) in [6.07, 6.45) is -4.46. The van der Waals surface area contributed by atoms with Crippen LogP contribution in [0.1, 0.15) is 37.4 Å². The smallest absolute Gasteiger partial charge is 0.394 e. The molecule has 0 bridgehead atoms. The van der Waals surface area contributed by atoms with Crippen LogP contribution in [0, 0.1) is 0 Å². The number of nitrogens with one attached hydrogen (secondary N) is 2. The number of aliphatic hydroxyl groups is 2. The first kappa shape index (κ1) is 30.5. The third-order valence-electron chi connectivity index (χ3n) is 5.13. The zero-order chi connectivity index (χ0) is 28.6. The fraction of sp³-hybridized carbons (Fsp3) is 0.192. The second-order valence-corrected chi connectivity index (χ2v) is 10.0. The standard InChI is InChI=1S/C26H22Cl2F3N3O4S/c27-18-5-7-23(33-24(37)17-3-1-2-16(8-17)13-39-14-19(36)12-35)20(10-18)25(38)34-32-11-15-4-6-22(28)21(9-15)26(29,30)31/h1-11,19,35-36H,12-14H2,(H,33,37)(H,34,38). The summed E-state index contributed by atoms with van der Waals surface area (Å²) < 4.78 is 39.2. The van der Waals surface area contributed by atoms with Crippen molar-refractivity contribution in [1.29, 1.82) is 0 Å². The molecular formula is C26H22Cl2F3N3O4S. The molecule has 0 heterocycles. The largest absolute Gasteiger partial charge is 0.417 e. The molecule has 0 spiro atoms. The SMILES string of the molecule is O=C(Nc1ccc(Cl)cc1C(=O)NN=Cc1ccc(Cl)c(C(F)(F)F)c1)c1cccc(CSCC(O)CO)c1. The number of carbonyl (C=O) groups excluding carboxylic acids is 2. The van der Waals surface area contributed by atoms with Gasteiger partial charge in [0.15, 0.2) is 0 Å². The Balaban J connectivity index is 1.71. The third kappa shape index (κ3) is 8.97. The van der Waals surface area contributed by atoms with Crippen LogP contribution < -0.4 is 10.7 Å². The van der Waals surface area contributed by atoms with Crippen molar-refractivity contribution in [3.63, 3.8) is 0 Å². The minimum atomic E-state index is -4.65. The van der Waals surface area contributed by atoms with Crippen LogP contribution >= 0.6 is 35.0 Å². The number of benzene rings is 3. The predicted octanol–water partition coefficient (Wildman–Crippen LogP) is 5.61. The summed E-state index contributed by atoms with van der Waals surface area (Å²) in [4.78, 5) is 25.7. The van der Waals surface area contributed by atoms with Gasteiger partial charge in [-0.3, -0.25) is 9.59 Å². The lowest BCUT2D eigenvalue weighted by molar-refractivity contribution is -0.137. The number of halogens is 5.